The second-order valence-corrected chi connectivity index (χ2v) is 5.62. The Morgan fingerprint density at radius 3 is 2.62 bits per heavy atom. The van der Waals surface area contributed by atoms with E-state index >= 15 is 0 Å². The molecule has 1 aliphatic carbocycles. The van der Waals surface area contributed by atoms with Crippen LogP contribution < -0.4 is 10.4 Å². The van der Waals surface area contributed by atoms with E-state index in [2.05, 4.69) is 0 Å². The number of fused-ring (bicyclic) bond motifs is 4. The topological polar surface area (TPSA) is 52.6 Å². The molecule has 1 aliphatic rings. The quantitative estimate of drug-likeness (QED) is 0.639. The number of benzene rings is 1. The number of hydrogen-bond donors (Lipinski definition) is 0. The highest BCUT2D eigenvalue weighted by atomic mass is 16.5. The first-order valence-corrected chi connectivity index (χ1v) is 7.24. The number of aryl methyl sites for hydroxylation is 3. The standard InChI is InChI=1S/C17H16O4/c1-9-7-14(18)21-12-8-13-16(17(19-2)15(9)12)10-5-3-4-6-11(10)20-13/h7-8H,3-6H2,1-2H3. The van der Waals surface area contributed by atoms with E-state index in [1.54, 1.807) is 7.11 Å². The summed E-state index contributed by atoms with van der Waals surface area (Å²) in [5.74, 6) is 1.81. The van der Waals surface area contributed by atoms with Crippen LogP contribution in [0.3, 0.4) is 0 Å². The minimum Gasteiger partial charge on any atom is -0.495 e. The third-order valence-electron chi connectivity index (χ3n) is 4.30. The summed E-state index contributed by atoms with van der Waals surface area (Å²) >= 11 is 0. The molecule has 3 aromatic rings. The Labute approximate surface area is 121 Å². The Bertz CT molecular complexity index is 914. The number of hydrogen-bond acceptors (Lipinski definition) is 4. The van der Waals surface area contributed by atoms with Crippen molar-refractivity contribution in [2.75, 3.05) is 7.11 Å². The molecule has 0 N–H and O–H groups in total. The van der Waals surface area contributed by atoms with Crippen LogP contribution in [0, 0.1) is 6.92 Å². The highest BCUT2D eigenvalue weighted by Crippen LogP contribution is 2.42. The van der Waals surface area contributed by atoms with Crippen LogP contribution in [-0.4, -0.2) is 7.11 Å². The molecule has 0 aliphatic heterocycles. The fraction of sp³-hybridized carbons (Fsp3) is 0.353. The molecule has 1 aromatic carbocycles. The molecule has 108 valence electrons. The maximum atomic E-state index is 11.6. The number of rotatable bonds is 1. The zero-order valence-corrected chi connectivity index (χ0v) is 12.1. The second-order valence-electron chi connectivity index (χ2n) is 5.62. The zero-order chi connectivity index (χ0) is 14.6. The van der Waals surface area contributed by atoms with Gasteiger partial charge in [-0.1, -0.05) is 0 Å². The Morgan fingerprint density at radius 1 is 1.05 bits per heavy atom. The summed E-state index contributed by atoms with van der Waals surface area (Å²) in [6.45, 7) is 1.90. The predicted octanol–water partition coefficient (Wildman–Crippen LogP) is 3.74. The van der Waals surface area contributed by atoms with Crippen molar-refractivity contribution in [1.29, 1.82) is 0 Å². The molecular weight excluding hydrogens is 268 g/mol. The van der Waals surface area contributed by atoms with Crippen LogP contribution in [0.15, 0.2) is 25.8 Å². The first-order chi connectivity index (χ1) is 10.2. The van der Waals surface area contributed by atoms with Crippen molar-refractivity contribution in [3.05, 3.63) is 39.4 Å². The normalized spacial score (nSPS) is 14.6. The van der Waals surface area contributed by atoms with Gasteiger partial charge < -0.3 is 13.6 Å². The molecule has 4 nitrogen and oxygen atoms in total. The van der Waals surface area contributed by atoms with E-state index in [0.717, 1.165) is 52.7 Å². The van der Waals surface area contributed by atoms with Crippen molar-refractivity contribution < 1.29 is 13.6 Å². The van der Waals surface area contributed by atoms with E-state index in [-0.39, 0.29) is 5.63 Å². The molecule has 2 aromatic heterocycles. The van der Waals surface area contributed by atoms with Crippen LogP contribution in [0.5, 0.6) is 5.75 Å². The van der Waals surface area contributed by atoms with Crippen LogP contribution >= 0.6 is 0 Å². The van der Waals surface area contributed by atoms with Gasteiger partial charge in [0.1, 0.15) is 22.7 Å². The van der Waals surface area contributed by atoms with Crippen molar-refractivity contribution in [2.45, 2.75) is 32.6 Å². The molecule has 0 amide bonds. The molecule has 21 heavy (non-hydrogen) atoms. The number of furan rings is 1. The summed E-state index contributed by atoms with van der Waals surface area (Å²) < 4.78 is 17.0. The summed E-state index contributed by atoms with van der Waals surface area (Å²) in [6.07, 6.45) is 4.31. The molecule has 0 unspecified atom stereocenters. The molecule has 2 heterocycles. The largest absolute Gasteiger partial charge is 0.495 e. The minimum absolute atomic E-state index is 0.349. The Morgan fingerprint density at radius 2 is 1.81 bits per heavy atom. The molecule has 0 spiro atoms. The predicted molar refractivity (Wildman–Crippen MR) is 80.2 cm³/mol. The van der Waals surface area contributed by atoms with Crippen molar-refractivity contribution in [3.63, 3.8) is 0 Å². The van der Waals surface area contributed by atoms with E-state index in [4.69, 9.17) is 13.6 Å². The summed E-state index contributed by atoms with van der Waals surface area (Å²) in [7, 11) is 1.65. The maximum Gasteiger partial charge on any atom is 0.336 e. The Hall–Kier alpha value is -2.23. The lowest BCUT2D eigenvalue weighted by molar-refractivity contribution is 0.423. The van der Waals surface area contributed by atoms with Crippen molar-refractivity contribution in [1.82, 2.24) is 0 Å². The van der Waals surface area contributed by atoms with Crippen LogP contribution in [0.25, 0.3) is 21.9 Å². The Kier molecular flexibility index (Phi) is 2.61. The molecule has 0 saturated heterocycles. The third kappa shape index (κ3) is 1.71. The van der Waals surface area contributed by atoms with Crippen LogP contribution in [0.2, 0.25) is 0 Å². The van der Waals surface area contributed by atoms with Gasteiger partial charge in [0.2, 0.25) is 0 Å². The van der Waals surface area contributed by atoms with Crippen molar-refractivity contribution in [3.8, 4) is 5.75 Å². The van der Waals surface area contributed by atoms with E-state index in [1.807, 2.05) is 13.0 Å². The average molecular weight is 284 g/mol. The fourth-order valence-electron chi connectivity index (χ4n) is 3.41. The zero-order valence-electron chi connectivity index (χ0n) is 12.1. The van der Waals surface area contributed by atoms with E-state index in [0.29, 0.717) is 5.58 Å². The Balaban J connectivity index is 2.22. The van der Waals surface area contributed by atoms with Gasteiger partial charge in [-0.3, -0.25) is 0 Å². The average Bonchev–Trinajstić information content (AvgIpc) is 2.82. The van der Waals surface area contributed by atoms with Gasteiger partial charge in [-0.05, 0) is 31.7 Å². The molecule has 0 atom stereocenters. The van der Waals surface area contributed by atoms with Crippen LogP contribution in [-0.2, 0) is 12.8 Å². The second kappa shape index (κ2) is 4.38. The lowest BCUT2D eigenvalue weighted by atomic mass is 9.94. The van der Waals surface area contributed by atoms with Gasteiger partial charge in [-0.15, -0.1) is 0 Å². The van der Waals surface area contributed by atoms with Crippen LogP contribution in [0.4, 0.5) is 0 Å². The fourth-order valence-corrected chi connectivity index (χ4v) is 3.41. The highest BCUT2D eigenvalue weighted by molar-refractivity contribution is 6.04. The van der Waals surface area contributed by atoms with Gasteiger partial charge in [0.25, 0.3) is 0 Å². The van der Waals surface area contributed by atoms with E-state index in [9.17, 15) is 4.79 Å². The molecule has 0 radical (unpaired) electrons. The summed E-state index contributed by atoms with van der Waals surface area (Å²) in [6, 6.07) is 3.32. The summed E-state index contributed by atoms with van der Waals surface area (Å²) in [5.41, 5.74) is 3.04. The van der Waals surface area contributed by atoms with E-state index < -0.39 is 0 Å². The highest BCUT2D eigenvalue weighted by Gasteiger charge is 2.23. The molecule has 0 saturated carbocycles. The molecule has 0 fully saturated rings. The smallest absolute Gasteiger partial charge is 0.336 e. The first-order valence-electron chi connectivity index (χ1n) is 7.24. The number of methoxy groups -OCH3 is 1. The van der Waals surface area contributed by atoms with Gasteiger partial charge in [-0.25, -0.2) is 4.79 Å². The SMILES string of the molecule is COc1c2c(C)cc(=O)oc2cc2oc3c(c12)CCCC3. The van der Waals surface area contributed by atoms with E-state index in [1.165, 1.54) is 18.1 Å². The van der Waals surface area contributed by atoms with Gasteiger partial charge >= 0.3 is 5.63 Å². The van der Waals surface area contributed by atoms with Gasteiger partial charge in [0, 0.05) is 24.1 Å². The summed E-state index contributed by atoms with van der Waals surface area (Å²) in [5, 5.41) is 1.90. The molecule has 4 rings (SSSR count). The monoisotopic (exact) mass is 284 g/mol. The van der Waals surface area contributed by atoms with Gasteiger partial charge in [-0.2, -0.15) is 0 Å². The number of ether oxygens (including phenoxy) is 1. The molecule has 4 heteroatoms. The van der Waals surface area contributed by atoms with Crippen molar-refractivity contribution in [2.24, 2.45) is 0 Å². The lowest BCUT2D eigenvalue weighted by Crippen LogP contribution is -2.01. The lowest BCUT2D eigenvalue weighted by Gasteiger charge is -2.12. The van der Waals surface area contributed by atoms with Crippen LogP contribution in [0.1, 0.15) is 29.7 Å². The van der Waals surface area contributed by atoms with Gasteiger partial charge in [0.05, 0.1) is 17.9 Å². The van der Waals surface area contributed by atoms with Gasteiger partial charge in [0.15, 0.2) is 0 Å². The summed E-state index contributed by atoms with van der Waals surface area (Å²) in [4.78, 5) is 11.6. The third-order valence-corrected chi connectivity index (χ3v) is 4.30. The first kappa shape index (κ1) is 12.5. The minimum atomic E-state index is -0.349. The molecular formula is C17H16O4. The molecule has 0 bridgehead atoms. The van der Waals surface area contributed by atoms with Crippen molar-refractivity contribution >= 4 is 21.9 Å². The maximum absolute atomic E-state index is 11.6.